The van der Waals surface area contributed by atoms with Crippen molar-refractivity contribution in [1.82, 2.24) is 0 Å². The molecule has 0 aliphatic carbocycles. The van der Waals surface area contributed by atoms with Crippen molar-refractivity contribution in [2.75, 3.05) is 22.4 Å². The van der Waals surface area contributed by atoms with Crippen LogP contribution in [0.3, 0.4) is 0 Å². The zero-order valence-corrected chi connectivity index (χ0v) is 14.5. The first-order valence-electron chi connectivity index (χ1n) is 7.56. The highest BCUT2D eigenvalue weighted by Gasteiger charge is 2.27. The monoisotopic (exact) mass is 299 g/mol. The van der Waals surface area contributed by atoms with Crippen LogP contribution in [0, 0.1) is 27.7 Å². The van der Waals surface area contributed by atoms with Gasteiger partial charge < -0.3 is 0 Å². The van der Waals surface area contributed by atoms with Gasteiger partial charge in [-0.15, -0.1) is 0 Å². The van der Waals surface area contributed by atoms with Crippen LogP contribution in [0.4, 0.5) is 11.4 Å². The van der Waals surface area contributed by atoms with Crippen molar-refractivity contribution >= 4 is 20.3 Å². The molecule has 3 rings (SSSR count). The van der Waals surface area contributed by atoms with E-state index in [0.717, 1.165) is 13.1 Å². The van der Waals surface area contributed by atoms with E-state index < -0.39 is 0 Å². The molecule has 2 nitrogen and oxygen atoms in total. The summed E-state index contributed by atoms with van der Waals surface area (Å²) in [5.74, 6) is 0. The molecule has 1 saturated heterocycles. The van der Waals surface area contributed by atoms with E-state index in [9.17, 15) is 0 Å². The molecular formula is C18H24N2P+. The molecule has 3 heteroatoms. The molecule has 0 amide bonds. The Bertz CT molecular complexity index is 568. The van der Waals surface area contributed by atoms with Crippen molar-refractivity contribution in [3.05, 3.63) is 58.7 Å². The third kappa shape index (κ3) is 3.22. The van der Waals surface area contributed by atoms with Gasteiger partial charge in [0.05, 0.1) is 24.5 Å². The van der Waals surface area contributed by atoms with Gasteiger partial charge in [0.15, 0.2) is 8.88 Å². The lowest BCUT2D eigenvalue weighted by Gasteiger charge is -2.16. The van der Waals surface area contributed by atoms with Crippen molar-refractivity contribution in [2.45, 2.75) is 27.7 Å². The zero-order valence-electron chi connectivity index (χ0n) is 13.4. The van der Waals surface area contributed by atoms with Gasteiger partial charge in [-0.3, -0.25) is 0 Å². The molecule has 0 spiro atoms. The summed E-state index contributed by atoms with van der Waals surface area (Å²) in [7, 11) is 0.138. The Morgan fingerprint density at radius 3 is 1.29 bits per heavy atom. The summed E-state index contributed by atoms with van der Waals surface area (Å²) in [4.78, 5) is 0. The van der Waals surface area contributed by atoms with Crippen LogP contribution in [0.15, 0.2) is 36.4 Å². The minimum atomic E-state index is 0.138. The van der Waals surface area contributed by atoms with E-state index in [4.69, 9.17) is 0 Å². The molecule has 0 atom stereocenters. The Kier molecular flexibility index (Phi) is 3.91. The number of hydrogen-bond acceptors (Lipinski definition) is 2. The quantitative estimate of drug-likeness (QED) is 0.754. The molecule has 2 aromatic carbocycles. The first kappa shape index (κ1) is 14.4. The smallest absolute Gasteiger partial charge is 0.170 e. The molecular weight excluding hydrogens is 275 g/mol. The van der Waals surface area contributed by atoms with Crippen LogP contribution in [0.1, 0.15) is 22.3 Å². The summed E-state index contributed by atoms with van der Waals surface area (Å²) >= 11 is 0. The Morgan fingerprint density at radius 1 is 0.619 bits per heavy atom. The van der Waals surface area contributed by atoms with Gasteiger partial charge in [-0.2, -0.15) is 0 Å². The van der Waals surface area contributed by atoms with Gasteiger partial charge in [0.25, 0.3) is 0 Å². The standard InChI is InChI=1S/C18H23N2P/c1-13-7-14(2)10-17(9-13)19-5-6-20(21-19)18-11-15(3)8-16(4)12-18/h7-12,21H,5-6H2,1-4H3/p+1. The molecule has 2 aromatic rings. The third-order valence-electron chi connectivity index (χ3n) is 3.94. The summed E-state index contributed by atoms with van der Waals surface area (Å²) in [5.41, 5.74) is 8.19. The predicted octanol–water partition coefficient (Wildman–Crippen LogP) is 4.49. The van der Waals surface area contributed by atoms with Crippen molar-refractivity contribution < 1.29 is 0 Å². The second-order valence-electron chi connectivity index (χ2n) is 6.19. The first-order chi connectivity index (χ1) is 10.0. The van der Waals surface area contributed by atoms with Gasteiger partial charge >= 0.3 is 0 Å². The lowest BCUT2D eigenvalue weighted by molar-refractivity contribution is 1.02. The SMILES string of the molecule is Cc1cc(C)cc(N2CCN(c3cc(C)cc(C)c3)[PH2+]2)c1. The van der Waals surface area contributed by atoms with Crippen LogP contribution >= 0.6 is 8.88 Å². The molecule has 1 heterocycles. The van der Waals surface area contributed by atoms with E-state index in [1.165, 1.54) is 33.6 Å². The maximum atomic E-state index is 2.55. The first-order valence-corrected chi connectivity index (χ1v) is 8.59. The number of anilines is 2. The highest BCUT2D eigenvalue weighted by atomic mass is 31.1. The largest absolute Gasteiger partial charge is 0.230 e. The summed E-state index contributed by atoms with van der Waals surface area (Å²) in [6, 6.07) is 13.7. The van der Waals surface area contributed by atoms with E-state index in [0.29, 0.717) is 0 Å². The molecule has 0 bridgehead atoms. The predicted molar refractivity (Wildman–Crippen MR) is 96.2 cm³/mol. The van der Waals surface area contributed by atoms with Crippen molar-refractivity contribution in [2.24, 2.45) is 0 Å². The van der Waals surface area contributed by atoms with E-state index >= 15 is 0 Å². The number of aryl methyl sites for hydroxylation is 4. The molecule has 21 heavy (non-hydrogen) atoms. The average Bonchev–Trinajstić information content (AvgIpc) is 2.85. The van der Waals surface area contributed by atoms with E-state index in [2.05, 4.69) is 73.4 Å². The summed E-state index contributed by atoms with van der Waals surface area (Å²) in [6.45, 7) is 11.0. The van der Waals surface area contributed by atoms with Crippen LogP contribution in [-0.4, -0.2) is 13.1 Å². The Hall–Kier alpha value is -1.53. The highest BCUT2D eigenvalue weighted by molar-refractivity contribution is 7.42. The molecule has 0 N–H and O–H groups in total. The topological polar surface area (TPSA) is 6.48 Å². The fraction of sp³-hybridized carbons (Fsp3) is 0.333. The Balaban J connectivity index is 1.81. The van der Waals surface area contributed by atoms with Gasteiger partial charge in [-0.1, -0.05) is 12.1 Å². The number of hydrogen-bond donors (Lipinski definition) is 0. The van der Waals surface area contributed by atoms with Gasteiger partial charge in [-0.25, -0.2) is 9.34 Å². The number of rotatable bonds is 2. The van der Waals surface area contributed by atoms with E-state index in [1.807, 2.05) is 0 Å². The van der Waals surface area contributed by atoms with E-state index in [1.54, 1.807) is 0 Å². The van der Waals surface area contributed by atoms with Crippen LogP contribution in [-0.2, 0) is 0 Å². The van der Waals surface area contributed by atoms with Crippen LogP contribution < -0.4 is 9.34 Å². The molecule has 1 fully saturated rings. The lowest BCUT2D eigenvalue weighted by atomic mass is 10.1. The normalized spacial score (nSPS) is 14.9. The minimum absolute atomic E-state index is 0.138. The van der Waals surface area contributed by atoms with Gasteiger partial charge in [0, 0.05) is 0 Å². The molecule has 0 saturated carbocycles. The van der Waals surface area contributed by atoms with Crippen molar-refractivity contribution in [1.29, 1.82) is 0 Å². The lowest BCUT2D eigenvalue weighted by Crippen LogP contribution is -2.11. The molecule has 1 aliphatic rings. The van der Waals surface area contributed by atoms with Gasteiger partial charge in [0.1, 0.15) is 0 Å². The number of benzene rings is 2. The molecule has 1 aliphatic heterocycles. The Morgan fingerprint density at radius 2 is 0.952 bits per heavy atom. The van der Waals surface area contributed by atoms with Crippen molar-refractivity contribution in [3.63, 3.8) is 0 Å². The molecule has 0 aromatic heterocycles. The average molecular weight is 299 g/mol. The van der Waals surface area contributed by atoms with Crippen LogP contribution in [0.2, 0.25) is 0 Å². The van der Waals surface area contributed by atoms with Crippen LogP contribution in [0.5, 0.6) is 0 Å². The third-order valence-corrected chi connectivity index (χ3v) is 5.61. The second kappa shape index (κ2) is 5.69. The summed E-state index contributed by atoms with van der Waals surface area (Å²) in [5, 5.41) is 0. The fourth-order valence-electron chi connectivity index (χ4n) is 3.12. The molecule has 110 valence electrons. The maximum absolute atomic E-state index is 2.55. The minimum Gasteiger partial charge on any atom is -0.230 e. The number of nitrogens with zero attached hydrogens (tertiary/aromatic N) is 2. The van der Waals surface area contributed by atoms with Gasteiger partial charge in [-0.05, 0) is 74.2 Å². The zero-order chi connectivity index (χ0) is 15.0. The van der Waals surface area contributed by atoms with Gasteiger partial charge in [0.2, 0.25) is 0 Å². The van der Waals surface area contributed by atoms with Crippen LogP contribution in [0.25, 0.3) is 0 Å². The maximum Gasteiger partial charge on any atom is 0.170 e. The summed E-state index contributed by atoms with van der Waals surface area (Å²) in [6.07, 6.45) is 0. The summed E-state index contributed by atoms with van der Waals surface area (Å²) < 4.78 is 5.11. The molecule has 0 unspecified atom stereocenters. The fourth-order valence-corrected chi connectivity index (χ4v) is 4.49. The second-order valence-corrected chi connectivity index (χ2v) is 7.67. The highest BCUT2D eigenvalue weighted by Crippen LogP contribution is 2.40. The molecule has 0 radical (unpaired) electrons. The van der Waals surface area contributed by atoms with E-state index in [-0.39, 0.29) is 8.88 Å². The Labute approximate surface area is 129 Å². The van der Waals surface area contributed by atoms with Crippen molar-refractivity contribution in [3.8, 4) is 0 Å².